The summed E-state index contributed by atoms with van der Waals surface area (Å²) in [6.07, 6.45) is 5.09. The van der Waals surface area contributed by atoms with E-state index >= 15 is 0 Å². The summed E-state index contributed by atoms with van der Waals surface area (Å²) in [4.78, 5) is 10.7. The average molecular weight is 182 g/mol. The minimum atomic E-state index is 0.216. The van der Waals surface area contributed by atoms with Gasteiger partial charge in [-0.3, -0.25) is 0 Å². The Balaban J connectivity index is 2.25. The third-order valence-corrected chi connectivity index (χ3v) is 2.43. The van der Waals surface area contributed by atoms with Crippen LogP contribution in [0, 0.1) is 0 Å². The van der Waals surface area contributed by atoms with Crippen LogP contribution in [0.1, 0.15) is 39.0 Å². The molecule has 0 aromatic rings. The number of ether oxygens (including phenoxy) is 1. The molecule has 1 aliphatic heterocycles. The van der Waals surface area contributed by atoms with Gasteiger partial charge in [0.05, 0.1) is 6.10 Å². The second-order valence-electron chi connectivity index (χ2n) is 3.72. The smallest absolute Gasteiger partial charge is 0.130 e. The van der Waals surface area contributed by atoms with Gasteiger partial charge in [-0.05, 0) is 38.2 Å². The van der Waals surface area contributed by atoms with Crippen molar-refractivity contribution in [3.63, 3.8) is 0 Å². The van der Waals surface area contributed by atoms with Crippen molar-refractivity contribution >= 4 is 5.78 Å². The van der Waals surface area contributed by atoms with E-state index in [4.69, 9.17) is 4.74 Å². The molecule has 0 amide bonds. The SMILES string of the molecule is C=C(CCC(C)=O)C1CCCCO1. The van der Waals surface area contributed by atoms with E-state index in [2.05, 4.69) is 6.58 Å². The molecular weight excluding hydrogens is 164 g/mol. The van der Waals surface area contributed by atoms with E-state index in [1.54, 1.807) is 6.92 Å². The van der Waals surface area contributed by atoms with Gasteiger partial charge in [0, 0.05) is 13.0 Å². The number of ketones is 1. The van der Waals surface area contributed by atoms with E-state index in [0.29, 0.717) is 6.42 Å². The van der Waals surface area contributed by atoms with E-state index in [-0.39, 0.29) is 11.9 Å². The molecule has 0 saturated carbocycles. The van der Waals surface area contributed by atoms with Crippen molar-refractivity contribution in [2.24, 2.45) is 0 Å². The van der Waals surface area contributed by atoms with Crippen LogP contribution in [0.25, 0.3) is 0 Å². The molecule has 0 bridgehead atoms. The summed E-state index contributed by atoms with van der Waals surface area (Å²) >= 11 is 0. The second-order valence-corrected chi connectivity index (χ2v) is 3.72. The summed E-state index contributed by atoms with van der Waals surface area (Å²) in [6.45, 7) is 6.44. The summed E-state index contributed by atoms with van der Waals surface area (Å²) in [7, 11) is 0. The van der Waals surface area contributed by atoms with Crippen LogP contribution < -0.4 is 0 Å². The number of carbonyl (C=O) groups excluding carboxylic acids is 1. The lowest BCUT2D eigenvalue weighted by Gasteiger charge is -2.24. The highest BCUT2D eigenvalue weighted by atomic mass is 16.5. The normalized spacial score (nSPS) is 22.7. The van der Waals surface area contributed by atoms with E-state index < -0.39 is 0 Å². The molecule has 0 N–H and O–H groups in total. The highest BCUT2D eigenvalue weighted by Gasteiger charge is 2.16. The van der Waals surface area contributed by atoms with Gasteiger partial charge in [0.2, 0.25) is 0 Å². The van der Waals surface area contributed by atoms with Gasteiger partial charge in [-0.15, -0.1) is 0 Å². The monoisotopic (exact) mass is 182 g/mol. The molecule has 1 fully saturated rings. The van der Waals surface area contributed by atoms with Gasteiger partial charge in [-0.25, -0.2) is 0 Å². The van der Waals surface area contributed by atoms with E-state index in [0.717, 1.165) is 31.4 Å². The zero-order valence-electron chi connectivity index (χ0n) is 8.34. The van der Waals surface area contributed by atoms with Gasteiger partial charge < -0.3 is 9.53 Å². The molecule has 2 heteroatoms. The fourth-order valence-corrected chi connectivity index (χ4v) is 1.56. The first kappa shape index (κ1) is 10.5. The Morgan fingerprint density at radius 3 is 2.77 bits per heavy atom. The fourth-order valence-electron chi connectivity index (χ4n) is 1.56. The van der Waals surface area contributed by atoms with Crippen LogP contribution in [0.15, 0.2) is 12.2 Å². The Kier molecular flexibility index (Phi) is 4.16. The first-order valence-electron chi connectivity index (χ1n) is 4.99. The van der Waals surface area contributed by atoms with Crippen LogP contribution in [0.4, 0.5) is 0 Å². The first-order chi connectivity index (χ1) is 6.20. The van der Waals surface area contributed by atoms with Gasteiger partial charge in [-0.1, -0.05) is 6.58 Å². The van der Waals surface area contributed by atoms with Crippen LogP contribution >= 0.6 is 0 Å². The van der Waals surface area contributed by atoms with Crippen molar-refractivity contribution in [1.29, 1.82) is 0 Å². The molecular formula is C11H18O2. The van der Waals surface area contributed by atoms with Crippen LogP contribution in [-0.2, 0) is 9.53 Å². The maximum atomic E-state index is 10.7. The lowest BCUT2D eigenvalue weighted by atomic mass is 9.98. The van der Waals surface area contributed by atoms with Gasteiger partial charge in [0.15, 0.2) is 0 Å². The molecule has 13 heavy (non-hydrogen) atoms. The largest absolute Gasteiger partial charge is 0.374 e. The second kappa shape index (κ2) is 5.18. The van der Waals surface area contributed by atoms with Gasteiger partial charge in [0.1, 0.15) is 5.78 Å². The summed E-state index contributed by atoms with van der Waals surface area (Å²) < 4.78 is 5.56. The van der Waals surface area contributed by atoms with E-state index in [1.165, 1.54) is 6.42 Å². The third kappa shape index (κ3) is 3.73. The fraction of sp³-hybridized carbons (Fsp3) is 0.727. The molecule has 1 atom stereocenters. The number of carbonyl (C=O) groups is 1. The van der Waals surface area contributed by atoms with Gasteiger partial charge in [0.25, 0.3) is 0 Å². The maximum absolute atomic E-state index is 10.7. The summed E-state index contributed by atoms with van der Waals surface area (Å²) in [5.74, 6) is 0.233. The third-order valence-electron chi connectivity index (χ3n) is 2.43. The predicted molar refractivity (Wildman–Crippen MR) is 52.6 cm³/mol. The average Bonchev–Trinajstić information content (AvgIpc) is 2.15. The van der Waals surface area contributed by atoms with Crippen molar-refractivity contribution in [3.8, 4) is 0 Å². The quantitative estimate of drug-likeness (QED) is 0.624. The zero-order valence-corrected chi connectivity index (χ0v) is 8.34. The van der Waals surface area contributed by atoms with Gasteiger partial charge >= 0.3 is 0 Å². The number of hydrogen-bond donors (Lipinski definition) is 0. The minimum absolute atomic E-state index is 0.216. The van der Waals surface area contributed by atoms with Crippen molar-refractivity contribution in [2.45, 2.75) is 45.1 Å². The highest BCUT2D eigenvalue weighted by Crippen LogP contribution is 2.21. The van der Waals surface area contributed by atoms with Crippen molar-refractivity contribution in [3.05, 3.63) is 12.2 Å². The molecule has 0 radical (unpaired) electrons. The van der Waals surface area contributed by atoms with Crippen molar-refractivity contribution in [1.82, 2.24) is 0 Å². The molecule has 1 unspecified atom stereocenters. The Hall–Kier alpha value is -0.630. The molecule has 0 aromatic carbocycles. The molecule has 1 rings (SSSR count). The summed E-state index contributed by atoms with van der Waals surface area (Å²) in [6, 6.07) is 0. The van der Waals surface area contributed by atoms with E-state index in [1.807, 2.05) is 0 Å². The number of hydrogen-bond acceptors (Lipinski definition) is 2. The van der Waals surface area contributed by atoms with Crippen LogP contribution in [0.2, 0.25) is 0 Å². The van der Waals surface area contributed by atoms with Crippen LogP contribution in [0.3, 0.4) is 0 Å². The van der Waals surface area contributed by atoms with E-state index in [9.17, 15) is 4.79 Å². The van der Waals surface area contributed by atoms with Crippen molar-refractivity contribution in [2.75, 3.05) is 6.61 Å². The maximum Gasteiger partial charge on any atom is 0.130 e. The van der Waals surface area contributed by atoms with Crippen LogP contribution in [-0.4, -0.2) is 18.5 Å². The Morgan fingerprint density at radius 1 is 1.46 bits per heavy atom. The predicted octanol–water partition coefficient (Wildman–Crippen LogP) is 2.48. The van der Waals surface area contributed by atoms with Crippen LogP contribution in [0.5, 0.6) is 0 Å². The molecule has 0 aromatic heterocycles. The topological polar surface area (TPSA) is 26.3 Å². The van der Waals surface area contributed by atoms with Crippen molar-refractivity contribution < 1.29 is 9.53 Å². The number of Topliss-reactive ketones (excluding diaryl/α,β-unsaturated/α-hetero) is 1. The zero-order chi connectivity index (χ0) is 9.68. The Morgan fingerprint density at radius 2 is 2.23 bits per heavy atom. The highest BCUT2D eigenvalue weighted by molar-refractivity contribution is 5.75. The molecule has 2 nitrogen and oxygen atoms in total. The first-order valence-corrected chi connectivity index (χ1v) is 4.99. The Labute approximate surface area is 80.0 Å². The summed E-state index contributed by atoms with van der Waals surface area (Å²) in [5, 5.41) is 0. The standard InChI is InChI=1S/C11H18O2/c1-9(6-7-10(2)12)11-5-3-4-8-13-11/h11H,1,3-8H2,2H3. The molecule has 74 valence electrons. The molecule has 1 aliphatic rings. The Bertz CT molecular complexity index is 190. The molecule has 0 aliphatic carbocycles. The molecule has 1 saturated heterocycles. The minimum Gasteiger partial charge on any atom is -0.374 e. The molecule has 0 spiro atoms. The lowest BCUT2D eigenvalue weighted by Crippen LogP contribution is -2.21. The molecule has 1 heterocycles. The number of rotatable bonds is 4. The lowest BCUT2D eigenvalue weighted by molar-refractivity contribution is -0.117. The van der Waals surface area contributed by atoms with Gasteiger partial charge in [-0.2, -0.15) is 0 Å². The summed E-state index contributed by atoms with van der Waals surface area (Å²) in [5.41, 5.74) is 1.09.